The van der Waals surface area contributed by atoms with Crippen LogP contribution in [0.15, 0.2) is 47.6 Å². The topological polar surface area (TPSA) is 127 Å². The van der Waals surface area contributed by atoms with Crippen molar-refractivity contribution in [1.29, 1.82) is 10.5 Å². The summed E-state index contributed by atoms with van der Waals surface area (Å²) >= 11 is 5.85. The minimum atomic E-state index is -4.85. The Balaban J connectivity index is 2.45. The third-order valence-corrected chi connectivity index (χ3v) is 4.87. The first-order valence-corrected chi connectivity index (χ1v) is 9.95. The summed E-state index contributed by atoms with van der Waals surface area (Å²) in [6.07, 6.45) is -5.96. The van der Waals surface area contributed by atoms with Crippen molar-refractivity contribution in [2.75, 3.05) is 12.0 Å². The van der Waals surface area contributed by atoms with Gasteiger partial charge in [0.05, 0.1) is 23.9 Å². The number of nitrogens with zero attached hydrogens (tertiary/aromatic N) is 3. The molecule has 0 heterocycles. The van der Waals surface area contributed by atoms with Crippen LogP contribution in [0.2, 0.25) is 5.02 Å². The number of nitrogens with one attached hydrogen (secondary N) is 2. The van der Waals surface area contributed by atoms with Crippen molar-refractivity contribution in [1.82, 2.24) is 5.32 Å². The SMILES string of the molecule is CCOC(=O)NC(=O)C(C#N)=NNc1ccc(C(C)(C#N)c2ccc(Cl)cc2)c(C(F)(F)F)c1. The zero-order valence-electron chi connectivity index (χ0n) is 17.8. The van der Waals surface area contributed by atoms with E-state index < -0.39 is 34.9 Å². The number of hydrazone groups is 1. The molecule has 0 aliphatic heterocycles. The van der Waals surface area contributed by atoms with E-state index in [0.29, 0.717) is 16.7 Å². The van der Waals surface area contributed by atoms with Crippen LogP contribution in [0.25, 0.3) is 0 Å². The lowest BCUT2D eigenvalue weighted by molar-refractivity contribution is -0.138. The molecule has 0 saturated heterocycles. The molecule has 0 bridgehead atoms. The number of ether oxygens (including phenoxy) is 1. The van der Waals surface area contributed by atoms with Gasteiger partial charge >= 0.3 is 12.3 Å². The minimum Gasteiger partial charge on any atom is -0.450 e. The maximum absolute atomic E-state index is 13.9. The normalized spacial score (nSPS) is 13.1. The van der Waals surface area contributed by atoms with E-state index in [9.17, 15) is 28.0 Å². The molecule has 0 aliphatic carbocycles. The van der Waals surface area contributed by atoms with Crippen LogP contribution in [0.4, 0.5) is 23.7 Å². The van der Waals surface area contributed by atoms with Crippen molar-refractivity contribution in [2.24, 2.45) is 5.10 Å². The van der Waals surface area contributed by atoms with Gasteiger partial charge in [0.15, 0.2) is 0 Å². The Hall–Kier alpha value is -4.09. The van der Waals surface area contributed by atoms with Crippen LogP contribution in [-0.2, 0) is 21.1 Å². The molecule has 2 N–H and O–H groups in total. The Bertz CT molecular complexity index is 1200. The van der Waals surface area contributed by atoms with Crippen molar-refractivity contribution < 1.29 is 27.5 Å². The minimum absolute atomic E-state index is 0.0272. The first-order chi connectivity index (χ1) is 16.0. The molecule has 2 rings (SSSR count). The quantitative estimate of drug-likeness (QED) is 0.443. The maximum Gasteiger partial charge on any atom is 0.416 e. The molecule has 2 aromatic rings. The van der Waals surface area contributed by atoms with Gasteiger partial charge < -0.3 is 4.74 Å². The van der Waals surface area contributed by atoms with E-state index in [1.54, 1.807) is 5.32 Å². The van der Waals surface area contributed by atoms with Crippen LogP contribution < -0.4 is 10.7 Å². The first-order valence-electron chi connectivity index (χ1n) is 9.57. The summed E-state index contributed by atoms with van der Waals surface area (Å²) in [5.74, 6) is -1.21. The van der Waals surface area contributed by atoms with Crippen molar-refractivity contribution >= 4 is 35.0 Å². The Morgan fingerprint density at radius 1 is 1.12 bits per heavy atom. The largest absolute Gasteiger partial charge is 0.450 e. The second-order valence-electron chi connectivity index (χ2n) is 6.86. The monoisotopic (exact) mass is 491 g/mol. The van der Waals surface area contributed by atoms with Gasteiger partial charge in [0.2, 0.25) is 5.71 Å². The van der Waals surface area contributed by atoms with Gasteiger partial charge in [-0.1, -0.05) is 29.8 Å². The van der Waals surface area contributed by atoms with Gasteiger partial charge in [0.1, 0.15) is 11.5 Å². The molecule has 2 aromatic carbocycles. The smallest absolute Gasteiger partial charge is 0.416 e. The summed E-state index contributed by atoms with van der Waals surface area (Å²) in [7, 11) is 0. The Morgan fingerprint density at radius 3 is 2.29 bits per heavy atom. The van der Waals surface area contributed by atoms with E-state index >= 15 is 0 Å². The number of alkyl halides is 3. The van der Waals surface area contributed by atoms with Crippen LogP contribution in [0, 0.1) is 22.7 Å². The molecule has 1 unspecified atom stereocenters. The highest BCUT2D eigenvalue weighted by atomic mass is 35.5. The van der Waals surface area contributed by atoms with E-state index in [1.807, 2.05) is 6.07 Å². The zero-order valence-corrected chi connectivity index (χ0v) is 18.6. The van der Waals surface area contributed by atoms with Crippen molar-refractivity contribution in [3.63, 3.8) is 0 Å². The van der Waals surface area contributed by atoms with Crippen LogP contribution in [-0.4, -0.2) is 24.3 Å². The molecule has 8 nitrogen and oxygen atoms in total. The van der Waals surface area contributed by atoms with E-state index in [2.05, 4.69) is 15.3 Å². The van der Waals surface area contributed by atoms with E-state index in [-0.39, 0.29) is 17.9 Å². The van der Waals surface area contributed by atoms with Gasteiger partial charge in [-0.2, -0.15) is 28.8 Å². The fourth-order valence-electron chi connectivity index (χ4n) is 2.91. The van der Waals surface area contributed by atoms with Gasteiger partial charge in [-0.15, -0.1) is 0 Å². The van der Waals surface area contributed by atoms with Gasteiger partial charge in [0.25, 0.3) is 5.91 Å². The van der Waals surface area contributed by atoms with Gasteiger partial charge in [0, 0.05) is 5.02 Å². The highest BCUT2D eigenvalue weighted by Gasteiger charge is 2.41. The number of amides is 2. The number of alkyl carbamates (subject to hydrolysis) is 1. The molecule has 0 saturated carbocycles. The maximum atomic E-state index is 13.9. The fraction of sp³-hybridized carbons (Fsp3) is 0.227. The predicted molar refractivity (Wildman–Crippen MR) is 117 cm³/mol. The van der Waals surface area contributed by atoms with Crippen molar-refractivity contribution in [3.05, 3.63) is 64.2 Å². The number of carbonyl (C=O) groups is 2. The summed E-state index contributed by atoms with van der Waals surface area (Å²) in [6, 6.07) is 12.2. The number of halogens is 4. The molecular weight excluding hydrogens is 475 g/mol. The van der Waals surface area contributed by atoms with E-state index in [1.165, 1.54) is 50.2 Å². The summed E-state index contributed by atoms with van der Waals surface area (Å²) in [4.78, 5) is 23.2. The number of nitriles is 2. The van der Waals surface area contributed by atoms with E-state index in [0.717, 1.165) is 6.07 Å². The van der Waals surface area contributed by atoms with Gasteiger partial charge in [-0.3, -0.25) is 15.5 Å². The van der Waals surface area contributed by atoms with Crippen molar-refractivity contribution in [3.8, 4) is 12.1 Å². The Morgan fingerprint density at radius 2 is 1.76 bits per heavy atom. The second kappa shape index (κ2) is 10.7. The summed E-state index contributed by atoms with van der Waals surface area (Å²) in [6.45, 7) is 2.82. The fourth-order valence-corrected chi connectivity index (χ4v) is 3.04. The molecule has 2 amide bonds. The number of hydrogen-bond acceptors (Lipinski definition) is 7. The van der Waals surface area contributed by atoms with Crippen LogP contribution >= 0.6 is 11.6 Å². The zero-order chi connectivity index (χ0) is 25.5. The number of anilines is 1. The molecule has 12 heteroatoms. The highest BCUT2D eigenvalue weighted by Crippen LogP contribution is 2.42. The third kappa shape index (κ3) is 6.03. The molecule has 0 fully saturated rings. The molecule has 34 heavy (non-hydrogen) atoms. The second-order valence-corrected chi connectivity index (χ2v) is 7.30. The molecule has 1 atom stereocenters. The highest BCUT2D eigenvalue weighted by molar-refractivity contribution is 6.46. The molecule has 0 radical (unpaired) electrons. The summed E-state index contributed by atoms with van der Waals surface area (Å²) in [5, 5.41) is 24.4. The lowest BCUT2D eigenvalue weighted by Gasteiger charge is -2.27. The van der Waals surface area contributed by atoms with Crippen LogP contribution in [0.3, 0.4) is 0 Å². The number of hydrogen-bond donors (Lipinski definition) is 2. The summed E-state index contributed by atoms with van der Waals surface area (Å²) < 4.78 is 46.3. The van der Waals surface area contributed by atoms with Gasteiger partial charge in [-0.25, -0.2) is 4.79 Å². The van der Waals surface area contributed by atoms with Crippen LogP contribution in [0.5, 0.6) is 0 Å². The van der Waals surface area contributed by atoms with E-state index in [4.69, 9.17) is 16.9 Å². The average molecular weight is 492 g/mol. The first kappa shape index (κ1) is 26.2. The lowest BCUT2D eigenvalue weighted by atomic mass is 9.75. The third-order valence-electron chi connectivity index (χ3n) is 4.62. The number of carbonyl (C=O) groups excluding carboxylic acids is 2. The standard InChI is InChI=1S/C22H17ClF3N5O3/c1-3-34-20(33)29-19(32)18(11-27)31-30-15-8-9-16(17(10-15)22(24,25)26)21(2,12-28)13-4-6-14(23)7-5-13/h4-10,30H,3H2,1-2H3,(H,29,32,33). The lowest BCUT2D eigenvalue weighted by Crippen LogP contribution is -2.36. The van der Waals surface area contributed by atoms with Crippen molar-refractivity contribution in [2.45, 2.75) is 25.4 Å². The van der Waals surface area contributed by atoms with Crippen LogP contribution in [0.1, 0.15) is 30.5 Å². The average Bonchev–Trinajstić information content (AvgIpc) is 2.78. The number of rotatable bonds is 6. The molecule has 0 aliphatic rings. The molecule has 0 aromatic heterocycles. The Labute approximate surface area is 197 Å². The van der Waals surface area contributed by atoms with Gasteiger partial charge in [-0.05, 0) is 49.2 Å². The molecular formula is C22H17ClF3N5O3. The number of imide groups is 1. The predicted octanol–water partition coefficient (Wildman–Crippen LogP) is 4.75. The Kier molecular flexibility index (Phi) is 8.22. The molecule has 176 valence electrons. The number of benzene rings is 2. The summed E-state index contributed by atoms with van der Waals surface area (Å²) in [5.41, 5.74) is -1.67. The molecule has 0 spiro atoms.